The molecule has 2 heterocycles. The summed E-state index contributed by atoms with van der Waals surface area (Å²) in [6.45, 7) is 3.71. The van der Waals surface area contributed by atoms with Crippen molar-refractivity contribution in [1.82, 2.24) is 4.90 Å². The van der Waals surface area contributed by atoms with Gasteiger partial charge in [0.05, 0.1) is 0 Å². The van der Waals surface area contributed by atoms with Crippen LogP contribution in [-0.4, -0.2) is 68.2 Å². The number of ether oxygens (including phenoxy) is 2. The SMILES string of the molecule is COC(C)C(=O)Nc1cccc(NC(=O)C(=O)N2CC(N)C3(CCOCC3)C2)c1. The summed E-state index contributed by atoms with van der Waals surface area (Å²) in [6.07, 6.45) is 0.981. The number of hydrogen-bond donors (Lipinski definition) is 3. The molecule has 2 atom stereocenters. The number of likely N-dealkylation sites (tertiary alicyclic amines) is 1. The van der Waals surface area contributed by atoms with Crippen LogP contribution in [0.5, 0.6) is 0 Å². The molecule has 9 nitrogen and oxygen atoms in total. The lowest BCUT2D eigenvalue weighted by molar-refractivity contribution is -0.142. The maximum Gasteiger partial charge on any atom is 0.313 e. The lowest BCUT2D eigenvalue weighted by Crippen LogP contribution is -2.44. The summed E-state index contributed by atoms with van der Waals surface area (Å²) in [5, 5.41) is 5.30. The molecule has 2 aliphatic heterocycles. The van der Waals surface area contributed by atoms with E-state index in [1.165, 1.54) is 12.0 Å². The average molecular weight is 404 g/mol. The number of benzene rings is 1. The second-order valence-corrected chi connectivity index (χ2v) is 7.67. The van der Waals surface area contributed by atoms with Crippen molar-refractivity contribution in [3.8, 4) is 0 Å². The van der Waals surface area contributed by atoms with Gasteiger partial charge in [-0.3, -0.25) is 14.4 Å². The zero-order chi connectivity index (χ0) is 21.0. The molecule has 2 saturated heterocycles. The van der Waals surface area contributed by atoms with Crippen molar-refractivity contribution in [2.75, 3.05) is 44.0 Å². The van der Waals surface area contributed by atoms with Gasteiger partial charge < -0.3 is 30.7 Å². The van der Waals surface area contributed by atoms with E-state index >= 15 is 0 Å². The van der Waals surface area contributed by atoms with Crippen LogP contribution in [0.1, 0.15) is 19.8 Å². The molecule has 1 aromatic rings. The van der Waals surface area contributed by atoms with Crippen molar-refractivity contribution in [1.29, 1.82) is 0 Å². The van der Waals surface area contributed by atoms with Gasteiger partial charge in [0.1, 0.15) is 6.10 Å². The molecule has 3 amide bonds. The van der Waals surface area contributed by atoms with Gasteiger partial charge in [-0.05, 0) is 38.0 Å². The Hall–Kier alpha value is -2.49. The Bertz CT molecular complexity index is 778. The second-order valence-electron chi connectivity index (χ2n) is 7.67. The molecule has 1 spiro atoms. The lowest BCUT2D eigenvalue weighted by atomic mass is 9.76. The lowest BCUT2D eigenvalue weighted by Gasteiger charge is -2.36. The largest absolute Gasteiger partial charge is 0.381 e. The normalized spacial score (nSPS) is 21.6. The second kappa shape index (κ2) is 8.89. The molecule has 0 aliphatic carbocycles. The van der Waals surface area contributed by atoms with Gasteiger partial charge >= 0.3 is 11.8 Å². The van der Waals surface area contributed by atoms with E-state index < -0.39 is 17.9 Å². The number of carbonyl (C=O) groups excluding carboxylic acids is 3. The van der Waals surface area contributed by atoms with Gasteiger partial charge in [-0.25, -0.2) is 0 Å². The van der Waals surface area contributed by atoms with Crippen LogP contribution in [0.2, 0.25) is 0 Å². The highest BCUT2D eigenvalue weighted by Gasteiger charge is 2.47. The zero-order valence-electron chi connectivity index (χ0n) is 16.8. The van der Waals surface area contributed by atoms with Crippen molar-refractivity contribution in [2.24, 2.45) is 11.1 Å². The van der Waals surface area contributed by atoms with Crippen molar-refractivity contribution in [3.05, 3.63) is 24.3 Å². The van der Waals surface area contributed by atoms with Crippen molar-refractivity contribution in [3.63, 3.8) is 0 Å². The van der Waals surface area contributed by atoms with E-state index in [0.29, 0.717) is 37.7 Å². The molecule has 0 radical (unpaired) electrons. The van der Waals surface area contributed by atoms with E-state index in [4.69, 9.17) is 15.2 Å². The predicted octanol–water partition coefficient (Wildman–Crippen LogP) is 0.565. The molecule has 4 N–H and O–H groups in total. The third-order valence-corrected chi connectivity index (χ3v) is 5.79. The van der Waals surface area contributed by atoms with Gasteiger partial charge in [-0.2, -0.15) is 0 Å². The summed E-state index contributed by atoms with van der Waals surface area (Å²) in [6, 6.07) is 6.43. The molecule has 2 fully saturated rings. The fourth-order valence-electron chi connectivity index (χ4n) is 3.81. The van der Waals surface area contributed by atoms with Gasteiger partial charge in [-0.15, -0.1) is 0 Å². The summed E-state index contributed by atoms with van der Waals surface area (Å²) in [5.41, 5.74) is 7.03. The van der Waals surface area contributed by atoms with Gasteiger partial charge in [0, 0.05) is 56.2 Å². The minimum Gasteiger partial charge on any atom is -0.381 e. The molecule has 1 aromatic carbocycles. The molecular formula is C20H28N4O5. The number of hydrogen-bond acceptors (Lipinski definition) is 6. The fraction of sp³-hybridized carbons (Fsp3) is 0.550. The number of carbonyl (C=O) groups is 3. The van der Waals surface area contributed by atoms with Crippen LogP contribution in [0.25, 0.3) is 0 Å². The predicted molar refractivity (Wildman–Crippen MR) is 107 cm³/mol. The zero-order valence-corrected chi connectivity index (χ0v) is 16.8. The van der Waals surface area contributed by atoms with E-state index in [2.05, 4.69) is 10.6 Å². The van der Waals surface area contributed by atoms with Crippen LogP contribution in [0, 0.1) is 5.41 Å². The van der Waals surface area contributed by atoms with Gasteiger partial charge in [-0.1, -0.05) is 6.07 Å². The molecule has 29 heavy (non-hydrogen) atoms. The minimum atomic E-state index is -0.727. The Balaban J connectivity index is 1.61. The Morgan fingerprint density at radius 3 is 2.55 bits per heavy atom. The summed E-state index contributed by atoms with van der Waals surface area (Å²) < 4.78 is 10.4. The average Bonchev–Trinajstić information content (AvgIpc) is 3.03. The van der Waals surface area contributed by atoms with E-state index in [-0.39, 0.29) is 17.4 Å². The molecule has 0 saturated carbocycles. The van der Waals surface area contributed by atoms with Crippen LogP contribution in [0.3, 0.4) is 0 Å². The number of rotatable bonds is 4. The molecule has 3 rings (SSSR count). The Morgan fingerprint density at radius 2 is 1.90 bits per heavy atom. The van der Waals surface area contributed by atoms with Crippen LogP contribution in [0.15, 0.2) is 24.3 Å². The topological polar surface area (TPSA) is 123 Å². The fourth-order valence-corrected chi connectivity index (χ4v) is 3.81. The van der Waals surface area contributed by atoms with Crippen LogP contribution >= 0.6 is 0 Å². The first-order valence-electron chi connectivity index (χ1n) is 9.72. The standard InChI is InChI=1S/C20H28N4O5/c1-13(28-2)17(25)22-14-4-3-5-15(10-14)23-18(26)19(27)24-11-16(21)20(12-24)6-8-29-9-7-20/h3-5,10,13,16H,6-9,11-12,21H2,1-2H3,(H,22,25)(H,23,26). The van der Waals surface area contributed by atoms with Crippen molar-refractivity contribution in [2.45, 2.75) is 31.9 Å². The summed E-state index contributed by atoms with van der Waals surface area (Å²) >= 11 is 0. The van der Waals surface area contributed by atoms with E-state index in [1.807, 2.05) is 0 Å². The number of amides is 3. The molecular weight excluding hydrogens is 376 g/mol. The first-order chi connectivity index (χ1) is 13.8. The monoisotopic (exact) mass is 404 g/mol. The van der Waals surface area contributed by atoms with E-state index in [9.17, 15) is 14.4 Å². The minimum absolute atomic E-state index is 0.163. The number of nitrogens with zero attached hydrogens (tertiary/aromatic N) is 1. The molecule has 2 aliphatic rings. The van der Waals surface area contributed by atoms with Gasteiger partial charge in [0.2, 0.25) is 0 Å². The molecule has 0 bridgehead atoms. The van der Waals surface area contributed by atoms with Crippen LogP contribution < -0.4 is 16.4 Å². The Labute approximate surface area is 169 Å². The maximum atomic E-state index is 12.7. The molecule has 0 aromatic heterocycles. The Kier molecular flexibility index (Phi) is 6.51. The quantitative estimate of drug-likeness (QED) is 0.631. The number of nitrogens with two attached hydrogens (primary N) is 1. The smallest absolute Gasteiger partial charge is 0.313 e. The van der Waals surface area contributed by atoms with Crippen LogP contribution in [0.4, 0.5) is 11.4 Å². The number of nitrogens with one attached hydrogen (secondary N) is 2. The first-order valence-corrected chi connectivity index (χ1v) is 9.72. The van der Waals surface area contributed by atoms with Gasteiger partial charge in [0.25, 0.3) is 5.91 Å². The molecule has 2 unspecified atom stereocenters. The maximum absolute atomic E-state index is 12.7. The molecule has 9 heteroatoms. The highest BCUT2D eigenvalue weighted by atomic mass is 16.5. The van der Waals surface area contributed by atoms with Gasteiger partial charge in [0.15, 0.2) is 0 Å². The highest BCUT2D eigenvalue weighted by Crippen LogP contribution is 2.39. The number of methoxy groups -OCH3 is 1. The van der Waals surface area contributed by atoms with E-state index in [0.717, 1.165) is 12.8 Å². The first kappa shape index (κ1) is 21.2. The third kappa shape index (κ3) is 4.75. The summed E-state index contributed by atoms with van der Waals surface area (Å²) in [5.74, 6) is -1.64. The van der Waals surface area contributed by atoms with Crippen LogP contribution in [-0.2, 0) is 23.9 Å². The van der Waals surface area contributed by atoms with E-state index in [1.54, 1.807) is 31.2 Å². The number of anilines is 2. The Morgan fingerprint density at radius 1 is 1.24 bits per heavy atom. The van der Waals surface area contributed by atoms with Crippen molar-refractivity contribution < 1.29 is 23.9 Å². The van der Waals surface area contributed by atoms with Crippen molar-refractivity contribution >= 4 is 29.1 Å². The summed E-state index contributed by atoms with van der Waals surface area (Å²) in [7, 11) is 1.45. The summed E-state index contributed by atoms with van der Waals surface area (Å²) in [4.78, 5) is 38.6. The highest BCUT2D eigenvalue weighted by molar-refractivity contribution is 6.39. The molecule has 158 valence electrons. The third-order valence-electron chi connectivity index (χ3n) is 5.79.